The maximum Gasteiger partial charge on any atom is 0.263 e. The third-order valence-electron chi connectivity index (χ3n) is 10.5. The van der Waals surface area contributed by atoms with E-state index in [1.54, 1.807) is 7.11 Å². The summed E-state index contributed by atoms with van der Waals surface area (Å²) < 4.78 is 15.0. The Hall–Kier alpha value is -4.09. The van der Waals surface area contributed by atoms with Crippen molar-refractivity contribution in [2.75, 3.05) is 20.3 Å². The number of nitrogens with zero attached hydrogens (tertiary/aromatic N) is 3. The van der Waals surface area contributed by atoms with Gasteiger partial charge in [0.25, 0.3) is 11.8 Å². The number of amides is 2. The van der Waals surface area contributed by atoms with Crippen LogP contribution in [-0.4, -0.2) is 41.5 Å². The van der Waals surface area contributed by atoms with Crippen LogP contribution in [0.4, 0.5) is 0 Å². The summed E-state index contributed by atoms with van der Waals surface area (Å²) in [7, 11) is 1.64. The van der Waals surface area contributed by atoms with E-state index in [2.05, 4.69) is 17.6 Å². The molecule has 2 aromatic heterocycles. The summed E-state index contributed by atoms with van der Waals surface area (Å²) in [5.74, 6) is -0.240. The first-order chi connectivity index (χ1) is 25.5. The van der Waals surface area contributed by atoms with E-state index in [-0.39, 0.29) is 6.54 Å². The Morgan fingerprint density at radius 3 is 1.88 bits per heavy atom. The molecule has 5 rings (SSSR count). The molecule has 0 atom stereocenters. The average Bonchev–Trinajstić information content (AvgIpc) is 3.72. The van der Waals surface area contributed by atoms with Crippen LogP contribution in [-0.2, 0) is 16.1 Å². The molecule has 1 aliphatic rings. The number of carbonyl (C=O) groups is 2. The fourth-order valence-electron chi connectivity index (χ4n) is 7.76. The van der Waals surface area contributed by atoms with Crippen molar-refractivity contribution in [2.45, 2.75) is 130 Å². The monoisotopic (exact) mass is 723 g/mol. The van der Waals surface area contributed by atoms with Gasteiger partial charge in [0, 0.05) is 44.4 Å². The number of methoxy groups -OCH3 is 1. The minimum atomic E-state index is -0.466. The van der Waals surface area contributed by atoms with Crippen molar-refractivity contribution in [1.82, 2.24) is 9.47 Å². The van der Waals surface area contributed by atoms with Crippen LogP contribution in [0.2, 0.25) is 0 Å². The molecule has 52 heavy (non-hydrogen) atoms. The molecule has 0 bridgehead atoms. The lowest BCUT2D eigenvalue weighted by Gasteiger charge is -2.11. The highest BCUT2D eigenvalue weighted by atomic mass is 32.1. The van der Waals surface area contributed by atoms with Crippen molar-refractivity contribution in [2.24, 2.45) is 0 Å². The fourth-order valence-corrected chi connectivity index (χ4v) is 8.87. The lowest BCUT2D eigenvalue weighted by atomic mass is 9.93. The lowest BCUT2D eigenvalue weighted by molar-refractivity contribution is -0.135. The first-order valence-electron chi connectivity index (χ1n) is 19.8. The Morgan fingerprint density at radius 2 is 1.31 bits per heavy atom. The van der Waals surface area contributed by atoms with E-state index in [1.165, 1.54) is 101 Å². The van der Waals surface area contributed by atoms with Gasteiger partial charge in [-0.05, 0) is 44.5 Å². The molecule has 0 unspecified atom stereocenters. The Labute approximate surface area is 314 Å². The number of benzene rings is 2. The number of nitriles is 1. The number of imide groups is 1. The van der Waals surface area contributed by atoms with Crippen LogP contribution >= 0.6 is 11.3 Å². The van der Waals surface area contributed by atoms with Gasteiger partial charge in [0.05, 0.1) is 30.9 Å². The predicted molar refractivity (Wildman–Crippen MR) is 215 cm³/mol. The van der Waals surface area contributed by atoms with Gasteiger partial charge in [-0.3, -0.25) is 14.5 Å². The Morgan fingerprint density at radius 1 is 0.731 bits per heavy atom. The summed E-state index contributed by atoms with van der Waals surface area (Å²) in [6, 6.07) is 15.9. The van der Waals surface area contributed by atoms with Crippen LogP contribution in [0.1, 0.15) is 133 Å². The molecule has 0 spiro atoms. The molecule has 278 valence electrons. The van der Waals surface area contributed by atoms with Crippen molar-refractivity contribution >= 4 is 55.3 Å². The highest BCUT2D eigenvalue weighted by Crippen LogP contribution is 2.49. The van der Waals surface area contributed by atoms with Gasteiger partial charge in [0.15, 0.2) is 5.06 Å². The van der Waals surface area contributed by atoms with Crippen molar-refractivity contribution < 1.29 is 19.1 Å². The minimum Gasteiger partial charge on any atom is -0.497 e. The fraction of sp³-hybridized carbons (Fsp3) is 0.523. The molecule has 2 amide bonds. The van der Waals surface area contributed by atoms with Gasteiger partial charge in [-0.2, -0.15) is 5.26 Å². The molecular formula is C44H57N3O4S. The van der Waals surface area contributed by atoms with E-state index < -0.39 is 11.8 Å². The van der Waals surface area contributed by atoms with Crippen LogP contribution in [0.5, 0.6) is 10.8 Å². The van der Waals surface area contributed by atoms with Crippen LogP contribution in [0.25, 0.3) is 32.1 Å². The Bertz CT molecular complexity index is 1890. The van der Waals surface area contributed by atoms with Crippen molar-refractivity contribution in [3.05, 3.63) is 59.3 Å². The summed E-state index contributed by atoms with van der Waals surface area (Å²) in [6.45, 7) is 7.14. The van der Waals surface area contributed by atoms with Crippen LogP contribution in [0, 0.1) is 18.3 Å². The minimum absolute atomic E-state index is 0.300. The highest BCUT2D eigenvalue weighted by Gasteiger charge is 2.43. The Balaban J connectivity index is 1.32. The number of thiophene rings is 1. The Kier molecular flexibility index (Phi) is 14.8. The van der Waals surface area contributed by atoms with Gasteiger partial charge < -0.3 is 14.0 Å². The normalized spacial score (nSPS) is 13.2. The zero-order chi connectivity index (χ0) is 36.9. The molecule has 0 saturated heterocycles. The quantitative estimate of drug-likeness (QED) is 0.0432. The third-order valence-corrected chi connectivity index (χ3v) is 11.6. The molecule has 0 aliphatic carbocycles. The SMILES string of the molecule is CCCCCCCCCCCCCCCCCCn1c(C)c(C2=C(c3c(OCC)sc4ccccc34)C(=O)N(CC#N)C2=O)c2cc(OC)ccc21. The number of ether oxygens (including phenoxy) is 2. The second-order valence-electron chi connectivity index (χ2n) is 14.1. The molecule has 8 heteroatoms. The van der Waals surface area contributed by atoms with E-state index in [4.69, 9.17) is 9.47 Å². The van der Waals surface area contributed by atoms with Crippen molar-refractivity contribution in [3.63, 3.8) is 0 Å². The number of hydrogen-bond donors (Lipinski definition) is 0. The summed E-state index contributed by atoms with van der Waals surface area (Å²) in [4.78, 5) is 29.6. The maximum atomic E-state index is 14.3. The molecule has 0 saturated carbocycles. The highest BCUT2D eigenvalue weighted by molar-refractivity contribution is 7.21. The van der Waals surface area contributed by atoms with Crippen molar-refractivity contribution in [3.8, 4) is 16.9 Å². The number of unbranched alkanes of at least 4 members (excludes halogenated alkanes) is 15. The number of hydrogen-bond acceptors (Lipinski definition) is 6. The van der Waals surface area contributed by atoms with E-state index in [0.717, 1.165) is 56.5 Å². The number of aromatic nitrogens is 1. The summed E-state index contributed by atoms with van der Waals surface area (Å²) >= 11 is 1.47. The first-order valence-corrected chi connectivity index (χ1v) is 20.6. The molecule has 3 heterocycles. The average molecular weight is 724 g/mol. The lowest BCUT2D eigenvalue weighted by Crippen LogP contribution is -2.31. The molecular weight excluding hydrogens is 667 g/mol. The van der Waals surface area contributed by atoms with E-state index in [1.807, 2.05) is 56.3 Å². The van der Waals surface area contributed by atoms with E-state index in [9.17, 15) is 14.9 Å². The molecule has 7 nitrogen and oxygen atoms in total. The smallest absolute Gasteiger partial charge is 0.263 e. The molecule has 0 radical (unpaired) electrons. The molecule has 0 fully saturated rings. The topological polar surface area (TPSA) is 84.6 Å². The van der Waals surface area contributed by atoms with Crippen LogP contribution in [0.3, 0.4) is 0 Å². The van der Waals surface area contributed by atoms with E-state index >= 15 is 0 Å². The van der Waals surface area contributed by atoms with Gasteiger partial charge in [-0.1, -0.05) is 133 Å². The second kappa shape index (κ2) is 19.7. The molecule has 4 aromatic rings. The number of rotatable bonds is 23. The van der Waals surface area contributed by atoms with Crippen molar-refractivity contribution in [1.29, 1.82) is 5.26 Å². The maximum absolute atomic E-state index is 14.3. The molecule has 0 N–H and O–H groups in total. The summed E-state index contributed by atoms with van der Waals surface area (Å²) in [5, 5.41) is 12.0. The number of aryl methyl sites for hydroxylation is 1. The van der Waals surface area contributed by atoms with Gasteiger partial charge in [0.1, 0.15) is 12.3 Å². The largest absolute Gasteiger partial charge is 0.497 e. The standard InChI is InChI=1S/C44H57N3O4S/c1-5-7-8-9-10-11-12-13-14-15-16-17-18-19-20-23-29-46-32(3)38(35-31-33(50-4)26-27-36(35)46)40-41(43(49)47(30-28-45)42(40)48)39-34-24-21-22-25-37(34)52-44(39)51-6-2/h21-22,24-27,31H,5-20,23,29-30H2,1-4H3. The zero-order valence-electron chi connectivity index (χ0n) is 31.9. The number of fused-ring (bicyclic) bond motifs is 2. The van der Waals surface area contributed by atoms with Gasteiger partial charge >= 0.3 is 0 Å². The first kappa shape index (κ1) is 39.1. The second-order valence-corrected chi connectivity index (χ2v) is 15.1. The van der Waals surface area contributed by atoms with Gasteiger partial charge in [0.2, 0.25) is 0 Å². The van der Waals surface area contributed by atoms with Gasteiger partial charge in [-0.15, -0.1) is 0 Å². The third kappa shape index (κ3) is 8.92. The van der Waals surface area contributed by atoms with Gasteiger partial charge in [-0.25, -0.2) is 0 Å². The van der Waals surface area contributed by atoms with Crippen LogP contribution < -0.4 is 9.47 Å². The zero-order valence-corrected chi connectivity index (χ0v) is 32.7. The molecule has 1 aliphatic heterocycles. The predicted octanol–water partition coefficient (Wildman–Crippen LogP) is 11.6. The van der Waals surface area contributed by atoms with E-state index in [0.29, 0.717) is 34.1 Å². The summed E-state index contributed by atoms with van der Waals surface area (Å²) in [6.07, 6.45) is 21.1. The summed E-state index contributed by atoms with van der Waals surface area (Å²) in [5.41, 5.74) is 3.89. The van der Waals surface area contributed by atoms with Crippen LogP contribution in [0.15, 0.2) is 42.5 Å². The number of carbonyl (C=O) groups excluding carboxylic acids is 2. The molecule has 2 aromatic carbocycles.